The summed E-state index contributed by atoms with van der Waals surface area (Å²) in [7, 11) is -9.98. The summed E-state index contributed by atoms with van der Waals surface area (Å²) in [5.41, 5.74) is 0. The van der Waals surface area contributed by atoms with Crippen molar-refractivity contribution in [3.05, 3.63) is 146 Å². The van der Waals surface area contributed by atoms with Crippen LogP contribution in [0.4, 0.5) is 0 Å². The molecule has 0 saturated heterocycles. The maximum absolute atomic E-state index is 13.1. The number of allylic oxidation sites excluding steroid dienone is 24. The number of hydrogen-bond donors (Lipinski definition) is 3. The van der Waals surface area contributed by atoms with Gasteiger partial charge >= 0.3 is 39.5 Å². The summed E-state index contributed by atoms with van der Waals surface area (Å²) in [6.45, 7) is 4.44. The maximum Gasteiger partial charge on any atom is 0.472 e. The van der Waals surface area contributed by atoms with Gasteiger partial charge in [0.25, 0.3) is 0 Å². The number of carbonyl (C=O) groups is 4. The van der Waals surface area contributed by atoms with E-state index < -0.39 is 97.5 Å². The van der Waals surface area contributed by atoms with Crippen LogP contribution in [0.2, 0.25) is 0 Å². The van der Waals surface area contributed by atoms with Gasteiger partial charge in [-0.1, -0.05) is 289 Å². The number of rotatable bonds is 76. The highest BCUT2D eigenvalue weighted by Gasteiger charge is 2.30. The van der Waals surface area contributed by atoms with E-state index in [0.717, 1.165) is 244 Å². The zero-order chi connectivity index (χ0) is 77.4. The third-order valence-electron chi connectivity index (χ3n) is 16.8. The highest BCUT2D eigenvalue weighted by atomic mass is 31.2. The molecule has 0 aliphatic heterocycles. The second kappa shape index (κ2) is 78.1. The first-order valence-corrected chi connectivity index (χ1v) is 44.1. The molecule has 0 amide bonds. The van der Waals surface area contributed by atoms with Crippen molar-refractivity contribution in [3.8, 4) is 0 Å². The Morgan fingerprint density at radius 2 is 0.491 bits per heavy atom. The monoisotopic (exact) mass is 1530 g/mol. The SMILES string of the molecule is CC/C=C\C/C=C\C/C=C\C/C=C\CCCCCCCCC(=O)OCC(COP(=O)(O)OCC(O)COP(=O)(O)OCC(COC(=O)CCCCCCCCC/C=C\C/C=C\C/C=C\CC)OC(=O)CCCCCCC/C=C\C/C=C\CCC)OC(=O)CCCCCCCCC/C=C\C/C=C\C/C=C\CC. The molecule has 0 aliphatic rings. The zero-order valence-electron chi connectivity index (χ0n) is 66.3. The molecule has 606 valence electrons. The minimum Gasteiger partial charge on any atom is -0.462 e. The average molecular weight is 1530 g/mol. The Bertz CT molecular complexity index is 2580. The van der Waals surface area contributed by atoms with Crippen molar-refractivity contribution in [1.82, 2.24) is 0 Å². The first-order valence-electron chi connectivity index (χ1n) is 41.1. The van der Waals surface area contributed by atoms with E-state index in [0.29, 0.717) is 25.7 Å². The van der Waals surface area contributed by atoms with E-state index in [1.165, 1.54) is 0 Å². The van der Waals surface area contributed by atoms with E-state index in [4.69, 9.17) is 37.0 Å². The van der Waals surface area contributed by atoms with E-state index in [-0.39, 0.29) is 25.7 Å². The number of aliphatic hydroxyl groups excluding tert-OH is 1. The molecule has 0 aromatic heterocycles. The molecule has 5 atom stereocenters. The first kappa shape index (κ1) is 101. The van der Waals surface area contributed by atoms with E-state index in [1.54, 1.807) is 0 Å². The Kier molecular flexibility index (Phi) is 74.3. The number of phosphoric acid groups is 2. The van der Waals surface area contributed by atoms with Crippen LogP contribution in [0.3, 0.4) is 0 Å². The van der Waals surface area contributed by atoms with Crippen LogP contribution in [-0.2, 0) is 65.4 Å². The summed E-state index contributed by atoms with van der Waals surface area (Å²) in [6, 6.07) is 0. The third kappa shape index (κ3) is 77.1. The van der Waals surface area contributed by atoms with Gasteiger partial charge in [0.2, 0.25) is 0 Å². The second-order valence-electron chi connectivity index (χ2n) is 26.9. The molecule has 0 aliphatic carbocycles. The Balaban J connectivity index is 5.39. The summed E-state index contributed by atoms with van der Waals surface area (Å²) < 4.78 is 68.7. The number of aliphatic hydroxyl groups is 1. The average Bonchev–Trinajstić information content (AvgIpc) is 0.907. The van der Waals surface area contributed by atoms with Gasteiger partial charge in [0, 0.05) is 25.7 Å². The van der Waals surface area contributed by atoms with Gasteiger partial charge in [0.1, 0.15) is 19.3 Å². The quantitative estimate of drug-likeness (QED) is 0.0169. The lowest BCUT2D eigenvalue weighted by Crippen LogP contribution is -2.30. The van der Waals surface area contributed by atoms with Crippen LogP contribution in [-0.4, -0.2) is 96.7 Å². The molecule has 0 aromatic rings. The van der Waals surface area contributed by atoms with Crippen LogP contribution < -0.4 is 0 Å². The number of carbonyl (C=O) groups excluding carboxylic acids is 4. The van der Waals surface area contributed by atoms with E-state index in [9.17, 15) is 43.2 Å². The van der Waals surface area contributed by atoms with Gasteiger partial charge in [0.15, 0.2) is 12.2 Å². The first-order chi connectivity index (χ1) is 51.7. The Hall–Kier alpha value is -5.06. The number of ether oxygens (including phenoxy) is 4. The maximum atomic E-state index is 13.1. The summed E-state index contributed by atoms with van der Waals surface area (Å²) in [4.78, 5) is 73.1. The van der Waals surface area contributed by atoms with Gasteiger partial charge in [-0.3, -0.25) is 37.3 Å². The number of unbranched alkanes of at least 4 members (excludes halogenated alkanes) is 26. The molecule has 19 heteroatoms. The molecule has 0 radical (unpaired) electrons. The molecule has 0 bridgehead atoms. The molecular formula is C87H146O17P2. The van der Waals surface area contributed by atoms with Crippen molar-refractivity contribution in [1.29, 1.82) is 0 Å². The summed E-state index contributed by atoms with van der Waals surface area (Å²) in [6.07, 6.45) is 89.5. The van der Waals surface area contributed by atoms with Crippen molar-refractivity contribution in [3.63, 3.8) is 0 Å². The van der Waals surface area contributed by atoms with E-state index in [1.807, 2.05) is 0 Å². The third-order valence-corrected chi connectivity index (χ3v) is 18.7. The molecule has 5 unspecified atom stereocenters. The van der Waals surface area contributed by atoms with Crippen LogP contribution in [0.1, 0.15) is 323 Å². The molecule has 0 rings (SSSR count). The lowest BCUT2D eigenvalue weighted by molar-refractivity contribution is -0.161. The standard InChI is InChI=1S/C87H146O17P2/c1-5-9-13-17-21-25-29-33-36-39-40-43-45-49-52-56-60-64-68-72-85(90)98-78-83(104-87(92)74-70-66-62-58-54-50-46-42-38-35-31-27-23-19-15-11-7-3)80-102-106(95,96)100-76-81(88)75-99-105(93,94)101-79-82(103-86(91)73-69-65-61-57-53-47-32-28-24-20-16-12-8-4)77-97-84(89)71-67-63-59-55-51-48-44-41-37-34-30-26-22-18-14-10-6-2/h9-11,13-16,20-23,25-28,32-38,40,43,81-83,88H,5-8,12,17-19,24,29-31,39,41-42,44-80H2,1-4H3,(H,93,94)(H,95,96)/b13-9-,14-10-,15-11-,20-16-,25-21-,26-22-,27-23-,32-28-,36-33-,37-34-,38-35-,43-40-. The Morgan fingerprint density at radius 3 is 0.755 bits per heavy atom. The molecule has 17 nitrogen and oxygen atoms in total. The molecule has 3 N–H and O–H groups in total. The smallest absolute Gasteiger partial charge is 0.462 e. The fraction of sp³-hybridized carbons (Fsp3) is 0.678. The van der Waals surface area contributed by atoms with Gasteiger partial charge in [-0.25, -0.2) is 9.13 Å². The van der Waals surface area contributed by atoms with E-state index >= 15 is 0 Å². The fourth-order valence-corrected chi connectivity index (χ4v) is 12.2. The molecule has 0 spiro atoms. The predicted molar refractivity (Wildman–Crippen MR) is 436 cm³/mol. The second-order valence-corrected chi connectivity index (χ2v) is 29.8. The highest BCUT2D eigenvalue weighted by molar-refractivity contribution is 7.47. The molecule has 0 aromatic carbocycles. The lowest BCUT2D eigenvalue weighted by atomic mass is 10.1. The normalized spacial score (nSPS) is 14.6. The number of hydrogen-bond acceptors (Lipinski definition) is 15. The van der Waals surface area contributed by atoms with Crippen molar-refractivity contribution in [2.75, 3.05) is 39.6 Å². The van der Waals surface area contributed by atoms with E-state index in [2.05, 4.69) is 174 Å². The topological polar surface area (TPSA) is 237 Å². The van der Waals surface area contributed by atoms with Crippen molar-refractivity contribution >= 4 is 39.5 Å². The van der Waals surface area contributed by atoms with Crippen molar-refractivity contribution in [2.24, 2.45) is 0 Å². The molecule has 0 heterocycles. The Labute approximate surface area is 643 Å². The van der Waals surface area contributed by atoms with Gasteiger partial charge in [-0.15, -0.1) is 0 Å². The van der Waals surface area contributed by atoms with Crippen LogP contribution in [0.5, 0.6) is 0 Å². The highest BCUT2D eigenvalue weighted by Crippen LogP contribution is 2.45. The van der Waals surface area contributed by atoms with Crippen molar-refractivity contribution in [2.45, 2.75) is 341 Å². The predicted octanol–water partition coefficient (Wildman–Crippen LogP) is 24.2. The minimum atomic E-state index is -4.99. The number of esters is 4. The van der Waals surface area contributed by atoms with Crippen LogP contribution >= 0.6 is 15.6 Å². The lowest BCUT2D eigenvalue weighted by Gasteiger charge is -2.21. The zero-order valence-corrected chi connectivity index (χ0v) is 68.1. The van der Waals surface area contributed by atoms with Crippen molar-refractivity contribution < 1.29 is 80.2 Å². The fourth-order valence-electron chi connectivity index (χ4n) is 10.6. The van der Waals surface area contributed by atoms with Crippen LogP contribution in [0.15, 0.2) is 146 Å². The van der Waals surface area contributed by atoms with Crippen LogP contribution in [0.25, 0.3) is 0 Å². The minimum absolute atomic E-state index is 0.0731. The summed E-state index contributed by atoms with van der Waals surface area (Å²) in [5.74, 6) is -2.22. The largest absolute Gasteiger partial charge is 0.472 e. The molecular weight excluding hydrogens is 1380 g/mol. The molecule has 0 saturated carbocycles. The van der Waals surface area contributed by atoms with Gasteiger partial charge in [-0.2, -0.15) is 0 Å². The molecule has 0 fully saturated rings. The van der Waals surface area contributed by atoms with Gasteiger partial charge in [-0.05, 0) is 154 Å². The summed E-state index contributed by atoms with van der Waals surface area (Å²) in [5, 5.41) is 10.7. The molecule has 106 heavy (non-hydrogen) atoms. The van der Waals surface area contributed by atoms with Crippen LogP contribution in [0, 0.1) is 0 Å². The summed E-state index contributed by atoms with van der Waals surface area (Å²) >= 11 is 0. The number of phosphoric ester groups is 2. The van der Waals surface area contributed by atoms with Gasteiger partial charge in [0.05, 0.1) is 26.4 Å². The van der Waals surface area contributed by atoms with Gasteiger partial charge < -0.3 is 33.8 Å². The Morgan fingerprint density at radius 1 is 0.274 bits per heavy atom.